The Morgan fingerprint density at radius 3 is 2.57 bits per heavy atom. The number of ether oxygens (including phenoxy) is 1. The van der Waals surface area contributed by atoms with E-state index in [2.05, 4.69) is 5.32 Å². The summed E-state index contributed by atoms with van der Waals surface area (Å²) in [6.07, 6.45) is 0.0225. The van der Waals surface area contributed by atoms with Crippen LogP contribution in [0.3, 0.4) is 0 Å². The van der Waals surface area contributed by atoms with Gasteiger partial charge in [0.25, 0.3) is 5.91 Å². The lowest BCUT2D eigenvalue weighted by molar-refractivity contribution is -0.122. The average Bonchev–Trinajstić information content (AvgIpc) is 2.48. The first kappa shape index (κ1) is 15.4. The van der Waals surface area contributed by atoms with Gasteiger partial charge in [0, 0.05) is 0 Å². The first-order valence-corrected chi connectivity index (χ1v) is 7.26. The fourth-order valence-electron chi connectivity index (χ4n) is 1.92. The number of para-hydroxylation sites is 1. The number of carbonyl (C=O) groups excluding carboxylic acids is 1. The Morgan fingerprint density at radius 2 is 1.95 bits per heavy atom. The van der Waals surface area contributed by atoms with Gasteiger partial charge >= 0.3 is 0 Å². The zero-order chi connectivity index (χ0) is 15.2. The molecule has 2 rings (SSSR count). The molecule has 2 aromatic carbocycles. The van der Waals surface area contributed by atoms with E-state index in [0.717, 1.165) is 5.56 Å². The molecule has 0 bridgehead atoms. The van der Waals surface area contributed by atoms with E-state index >= 15 is 0 Å². The fraction of sp³-hybridized carbons (Fsp3) is 0.235. The maximum absolute atomic E-state index is 12.3. The number of rotatable bonds is 5. The van der Waals surface area contributed by atoms with Crippen LogP contribution >= 0.6 is 11.6 Å². The van der Waals surface area contributed by atoms with Crippen molar-refractivity contribution in [1.29, 1.82) is 0 Å². The summed E-state index contributed by atoms with van der Waals surface area (Å²) in [5.74, 6) is 0.474. The largest absolute Gasteiger partial charge is 0.481 e. The third kappa shape index (κ3) is 4.23. The molecule has 0 aliphatic heterocycles. The van der Waals surface area contributed by atoms with Gasteiger partial charge in [-0.25, -0.2) is 0 Å². The molecule has 1 N–H and O–H groups in total. The first-order valence-electron chi connectivity index (χ1n) is 6.89. The second-order valence-corrected chi connectivity index (χ2v) is 5.21. The molecule has 0 fully saturated rings. The molecule has 0 radical (unpaired) electrons. The van der Waals surface area contributed by atoms with Gasteiger partial charge in [0.1, 0.15) is 5.75 Å². The Hall–Kier alpha value is -2.00. The quantitative estimate of drug-likeness (QED) is 0.886. The zero-order valence-corrected chi connectivity index (χ0v) is 12.9. The second-order valence-electron chi connectivity index (χ2n) is 4.80. The molecule has 0 aliphatic rings. The van der Waals surface area contributed by atoms with Crippen LogP contribution in [0.5, 0.6) is 5.75 Å². The summed E-state index contributed by atoms with van der Waals surface area (Å²) in [4.78, 5) is 12.3. The minimum atomic E-state index is -0.551. The van der Waals surface area contributed by atoms with Gasteiger partial charge in [-0.1, -0.05) is 42.8 Å². The highest BCUT2D eigenvalue weighted by Crippen LogP contribution is 2.23. The molecular weight excluding hydrogens is 286 g/mol. The molecule has 0 unspecified atom stereocenters. The van der Waals surface area contributed by atoms with Crippen LogP contribution in [0.25, 0.3) is 0 Å². The van der Waals surface area contributed by atoms with E-state index in [4.69, 9.17) is 16.3 Å². The average molecular weight is 304 g/mol. The minimum absolute atomic E-state index is 0.202. The number of hydrogen-bond acceptors (Lipinski definition) is 2. The van der Waals surface area contributed by atoms with Crippen molar-refractivity contribution in [3.63, 3.8) is 0 Å². The molecular formula is C17H18ClNO2. The van der Waals surface area contributed by atoms with Crippen molar-refractivity contribution in [2.75, 3.05) is 5.32 Å². The highest BCUT2D eigenvalue weighted by molar-refractivity contribution is 6.33. The van der Waals surface area contributed by atoms with Gasteiger partial charge < -0.3 is 10.1 Å². The standard InChI is InChI=1S/C17H18ClNO2/c1-3-16(21-13-7-5-4-6-8-13)17(20)19-15-10-9-12(2)11-14(15)18/h4-11,16H,3H2,1-2H3,(H,19,20)/t16-/m1/s1. The van der Waals surface area contributed by atoms with Crippen LogP contribution in [0.4, 0.5) is 5.69 Å². The lowest BCUT2D eigenvalue weighted by Gasteiger charge is -2.17. The molecule has 0 spiro atoms. The van der Waals surface area contributed by atoms with E-state index in [9.17, 15) is 4.79 Å². The predicted octanol–water partition coefficient (Wildman–Crippen LogP) is 4.44. The van der Waals surface area contributed by atoms with Gasteiger partial charge in [-0.2, -0.15) is 0 Å². The topological polar surface area (TPSA) is 38.3 Å². The van der Waals surface area contributed by atoms with E-state index in [-0.39, 0.29) is 5.91 Å². The van der Waals surface area contributed by atoms with Crippen molar-refractivity contribution in [2.24, 2.45) is 0 Å². The number of halogens is 1. The minimum Gasteiger partial charge on any atom is -0.481 e. The van der Waals surface area contributed by atoms with Crippen molar-refractivity contribution in [1.82, 2.24) is 0 Å². The van der Waals surface area contributed by atoms with Gasteiger partial charge in [-0.15, -0.1) is 0 Å². The van der Waals surface area contributed by atoms with E-state index in [1.165, 1.54) is 0 Å². The molecule has 1 amide bonds. The van der Waals surface area contributed by atoms with Crippen LogP contribution < -0.4 is 10.1 Å². The first-order chi connectivity index (χ1) is 10.1. The summed E-state index contributed by atoms with van der Waals surface area (Å²) >= 11 is 6.13. The number of nitrogens with one attached hydrogen (secondary N) is 1. The van der Waals surface area contributed by atoms with E-state index in [0.29, 0.717) is 22.9 Å². The number of hydrogen-bond donors (Lipinski definition) is 1. The maximum Gasteiger partial charge on any atom is 0.265 e. The van der Waals surface area contributed by atoms with Crippen LogP contribution in [0.15, 0.2) is 48.5 Å². The van der Waals surface area contributed by atoms with Crippen molar-refractivity contribution in [3.05, 3.63) is 59.1 Å². The molecule has 21 heavy (non-hydrogen) atoms. The lowest BCUT2D eigenvalue weighted by Crippen LogP contribution is -2.32. The molecule has 110 valence electrons. The number of carbonyl (C=O) groups is 1. The molecule has 4 heteroatoms. The highest BCUT2D eigenvalue weighted by Gasteiger charge is 2.19. The highest BCUT2D eigenvalue weighted by atomic mass is 35.5. The number of aryl methyl sites for hydroxylation is 1. The zero-order valence-electron chi connectivity index (χ0n) is 12.1. The molecule has 0 saturated carbocycles. The van der Waals surface area contributed by atoms with Gasteiger partial charge in [0.2, 0.25) is 0 Å². The molecule has 2 aromatic rings. The Balaban J connectivity index is 2.06. The Morgan fingerprint density at radius 1 is 1.24 bits per heavy atom. The number of amides is 1. The van der Waals surface area contributed by atoms with Crippen molar-refractivity contribution < 1.29 is 9.53 Å². The van der Waals surface area contributed by atoms with Gasteiger partial charge in [-0.3, -0.25) is 4.79 Å². The molecule has 1 atom stereocenters. The van der Waals surface area contributed by atoms with E-state index < -0.39 is 6.10 Å². The molecule has 0 aliphatic carbocycles. The van der Waals surface area contributed by atoms with Gasteiger partial charge in [0.15, 0.2) is 6.10 Å². The van der Waals surface area contributed by atoms with Crippen molar-refractivity contribution in [2.45, 2.75) is 26.4 Å². The predicted molar refractivity (Wildman–Crippen MR) is 86.0 cm³/mol. The van der Waals surface area contributed by atoms with Crippen LogP contribution in [0.1, 0.15) is 18.9 Å². The van der Waals surface area contributed by atoms with Crippen LogP contribution in [0.2, 0.25) is 5.02 Å². The third-order valence-electron chi connectivity index (χ3n) is 3.07. The normalized spacial score (nSPS) is 11.8. The van der Waals surface area contributed by atoms with Crippen LogP contribution in [-0.2, 0) is 4.79 Å². The van der Waals surface area contributed by atoms with Crippen molar-refractivity contribution >= 4 is 23.2 Å². The summed E-state index contributed by atoms with van der Waals surface area (Å²) in [5, 5.41) is 3.34. The second kappa shape index (κ2) is 7.14. The summed E-state index contributed by atoms with van der Waals surface area (Å²) < 4.78 is 5.71. The Labute approximate surface area is 129 Å². The summed E-state index contributed by atoms with van der Waals surface area (Å²) in [5.41, 5.74) is 1.65. The summed E-state index contributed by atoms with van der Waals surface area (Å²) in [7, 11) is 0. The summed E-state index contributed by atoms with van der Waals surface area (Å²) in [6, 6.07) is 14.8. The number of anilines is 1. The smallest absolute Gasteiger partial charge is 0.265 e. The van der Waals surface area contributed by atoms with E-state index in [1.54, 1.807) is 6.07 Å². The van der Waals surface area contributed by atoms with Crippen LogP contribution in [-0.4, -0.2) is 12.0 Å². The molecule has 3 nitrogen and oxygen atoms in total. The van der Waals surface area contributed by atoms with Gasteiger partial charge in [0.05, 0.1) is 10.7 Å². The Bertz CT molecular complexity index is 613. The summed E-state index contributed by atoms with van der Waals surface area (Å²) in [6.45, 7) is 3.86. The van der Waals surface area contributed by atoms with Crippen LogP contribution in [0, 0.1) is 6.92 Å². The molecule has 0 saturated heterocycles. The Kier molecular flexibility index (Phi) is 5.23. The van der Waals surface area contributed by atoms with E-state index in [1.807, 2.05) is 56.3 Å². The molecule has 0 heterocycles. The SMILES string of the molecule is CC[C@@H](Oc1ccccc1)C(=O)Nc1ccc(C)cc1Cl. The number of benzene rings is 2. The van der Waals surface area contributed by atoms with Gasteiger partial charge in [-0.05, 0) is 43.2 Å². The van der Waals surface area contributed by atoms with Crippen molar-refractivity contribution in [3.8, 4) is 5.75 Å². The third-order valence-corrected chi connectivity index (χ3v) is 3.38. The monoisotopic (exact) mass is 303 g/mol. The maximum atomic E-state index is 12.3. The lowest BCUT2D eigenvalue weighted by atomic mass is 10.2. The fourth-order valence-corrected chi connectivity index (χ4v) is 2.20. The molecule has 0 aromatic heterocycles.